The summed E-state index contributed by atoms with van der Waals surface area (Å²) in [5, 5.41) is 0. The Morgan fingerprint density at radius 2 is 2.20 bits per heavy atom. The van der Waals surface area contributed by atoms with Crippen LogP contribution in [0.2, 0.25) is 0 Å². The van der Waals surface area contributed by atoms with Crippen LogP contribution < -0.4 is 0 Å². The van der Waals surface area contributed by atoms with Crippen molar-refractivity contribution in [3.63, 3.8) is 0 Å². The molecule has 0 aliphatic heterocycles. The number of esters is 1. The summed E-state index contributed by atoms with van der Waals surface area (Å²) in [4.78, 5) is 10.6. The van der Waals surface area contributed by atoms with Crippen LogP contribution in [0.3, 0.4) is 0 Å². The quantitative estimate of drug-likeness (QED) is 0.562. The zero-order valence-corrected chi connectivity index (χ0v) is 6.64. The van der Waals surface area contributed by atoms with Crippen LogP contribution in [0.4, 0.5) is 0 Å². The fraction of sp³-hybridized carbons (Fsp3) is 0.875. The molecule has 1 rings (SSSR count). The van der Waals surface area contributed by atoms with E-state index in [2.05, 4.69) is 6.92 Å². The second-order valence-electron chi connectivity index (χ2n) is 3.03. The molecular weight excluding hydrogens is 128 g/mol. The lowest BCUT2D eigenvalue weighted by Gasteiger charge is -2.13. The highest BCUT2D eigenvalue weighted by Crippen LogP contribution is 2.43. The molecule has 0 bridgehead atoms. The summed E-state index contributed by atoms with van der Waals surface area (Å²) in [7, 11) is 0. The molecule has 0 N–H and O–H groups in total. The van der Waals surface area contributed by atoms with Crippen molar-refractivity contribution in [1.82, 2.24) is 0 Å². The molecule has 0 amide bonds. The number of carbonyl (C=O) groups is 1. The van der Waals surface area contributed by atoms with Crippen LogP contribution in [-0.4, -0.2) is 11.6 Å². The maximum Gasteiger partial charge on any atom is 0.303 e. The monoisotopic (exact) mass is 142 g/mol. The summed E-state index contributed by atoms with van der Waals surface area (Å²) >= 11 is 0. The maximum absolute atomic E-state index is 10.6. The minimum Gasteiger partial charge on any atom is -0.459 e. The number of rotatable bonds is 3. The van der Waals surface area contributed by atoms with Gasteiger partial charge in [-0.2, -0.15) is 0 Å². The van der Waals surface area contributed by atoms with Crippen molar-refractivity contribution < 1.29 is 9.53 Å². The molecule has 1 aliphatic carbocycles. The predicted octanol–water partition coefficient (Wildman–Crippen LogP) is 1.88. The second-order valence-corrected chi connectivity index (χ2v) is 3.03. The summed E-state index contributed by atoms with van der Waals surface area (Å²) in [5.74, 6) is -0.133. The molecule has 0 aromatic heterocycles. The Bertz CT molecular complexity index is 136. The number of carbonyl (C=O) groups excluding carboxylic acids is 1. The fourth-order valence-corrected chi connectivity index (χ4v) is 1.30. The van der Waals surface area contributed by atoms with Gasteiger partial charge in [0.15, 0.2) is 0 Å². The Morgan fingerprint density at radius 3 is 2.50 bits per heavy atom. The fourth-order valence-electron chi connectivity index (χ4n) is 1.30. The van der Waals surface area contributed by atoms with Crippen molar-refractivity contribution in [3.05, 3.63) is 0 Å². The first-order valence-corrected chi connectivity index (χ1v) is 3.88. The Balaban J connectivity index is 2.30. The van der Waals surface area contributed by atoms with Crippen LogP contribution >= 0.6 is 0 Å². The molecule has 0 spiro atoms. The molecule has 0 unspecified atom stereocenters. The molecule has 0 atom stereocenters. The summed E-state index contributed by atoms with van der Waals surface area (Å²) in [6.45, 7) is 3.60. The second kappa shape index (κ2) is 2.60. The van der Waals surface area contributed by atoms with E-state index in [9.17, 15) is 4.79 Å². The van der Waals surface area contributed by atoms with E-state index < -0.39 is 0 Å². The maximum atomic E-state index is 10.6. The minimum atomic E-state index is -0.133. The topological polar surface area (TPSA) is 26.3 Å². The molecule has 0 aromatic rings. The first kappa shape index (κ1) is 7.58. The molecule has 0 aromatic carbocycles. The summed E-state index contributed by atoms with van der Waals surface area (Å²) in [6, 6.07) is 0. The van der Waals surface area contributed by atoms with E-state index in [1.165, 1.54) is 6.92 Å². The van der Waals surface area contributed by atoms with Crippen molar-refractivity contribution in [2.45, 2.75) is 45.1 Å². The average Bonchev–Trinajstić information content (AvgIpc) is 2.47. The molecule has 1 fully saturated rings. The number of ether oxygens (including phenoxy) is 1. The third-order valence-corrected chi connectivity index (χ3v) is 1.87. The Morgan fingerprint density at radius 1 is 1.60 bits per heavy atom. The van der Waals surface area contributed by atoms with Crippen LogP contribution in [0.15, 0.2) is 0 Å². The lowest BCUT2D eigenvalue weighted by molar-refractivity contribution is -0.148. The van der Waals surface area contributed by atoms with E-state index in [0.29, 0.717) is 0 Å². The number of hydrogen-bond acceptors (Lipinski definition) is 2. The van der Waals surface area contributed by atoms with Gasteiger partial charge in [-0.25, -0.2) is 0 Å². The Kier molecular flexibility index (Phi) is 1.97. The van der Waals surface area contributed by atoms with E-state index in [1.54, 1.807) is 0 Å². The van der Waals surface area contributed by atoms with Crippen molar-refractivity contribution in [2.24, 2.45) is 0 Å². The van der Waals surface area contributed by atoms with Gasteiger partial charge in [0, 0.05) is 6.92 Å². The number of hydrogen-bond donors (Lipinski definition) is 0. The highest BCUT2D eigenvalue weighted by Gasteiger charge is 2.44. The first-order chi connectivity index (χ1) is 4.68. The zero-order chi connectivity index (χ0) is 7.61. The van der Waals surface area contributed by atoms with E-state index in [-0.39, 0.29) is 11.6 Å². The largest absolute Gasteiger partial charge is 0.459 e. The van der Waals surface area contributed by atoms with Crippen molar-refractivity contribution in [2.75, 3.05) is 0 Å². The van der Waals surface area contributed by atoms with Gasteiger partial charge in [0.25, 0.3) is 0 Å². The van der Waals surface area contributed by atoms with Crippen molar-refractivity contribution in [1.29, 1.82) is 0 Å². The Labute approximate surface area is 61.6 Å². The average molecular weight is 142 g/mol. The van der Waals surface area contributed by atoms with Gasteiger partial charge in [0.05, 0.1) is 0 Å². The van der Waals surface area contributed by atoms with Crippen LogP contribution in [0, 0.1) is 0 Å². The molecule has 2 heteroatoms. The van der Waals surface area contributed by atoms with Gasteiger partial charge in [-0.15, -0.1) is 0 Å². The van der Waals surface area contributed by atoms with Gasteiger partial charge in [-0.1, -0.05) is 13.3 Å². The van der Waals surface area contributed by atoms with Gasteiger partial charge >= 0.3 is 5.97 Å². The predicted molar refractivity (Wildman–Crippen MR) is 38.6 cm³/mol. The van der Waals surface area contributed by atoms with E-state index in [1.807, 2.05) is 0 Å². The molecule has 1 aliphatic rings. The van der Waals surface area contributed by atoms with E-state index >= 15 is 0 Å². The molecule has 58 valence electrons. The Hall–Kier alpha value is -0.530. The molecule has 0 radical (unpaired) electrons. The van der Waals surface area contributed by atoms with E-state index in [4.69, 9.17) is 4.74 Å². The summed E-state index contributed by atoms with van der Waals surface area (Å²) in [6.07, 6.45) is 4.28. The zero-order valence-electron chi connectivity index (χ0n) is 6.64. The summed E-state index contributed by atoms with van der Waals surface area (Å²) < 4.78 is 5.15. The molecule has 10 heavy (non-hydrogen) atoms. The van der Waals surface area contributed by atoms with Gasteiger partial charge in [0.1, 0.15) is 5.60 Å². The lowest BCUT2D eigenvalue weighted by atomic mass is 10.2. The van der Waals surface area contributed by atoms with Crippen LogP contribution in [0.5, 0.6) is 0 Å². The van der Waals surface area contributed by atoms with Crippen LogP contribution in [0.1, 0.15) is 39.5 Å². The third-order valence-electron chi connectivity index (χ3n) is 1.87. The molecule has 0 saturated heterocycles. The highest BCUT2D eigenvalue weighted by molar-refractivity contribution is 5.66. The smallest absolute Gasteiger partial charge is 0.303 e. The lowest BCUT2D eigenvalue weighted by Crippen LogP contribution is -2.16. The molecular formula is C8H14O2. The summed E-state index contributed by atoms with van der Waals surface area (Å²) in [5.41, 5.74) is -0.0272. The van der Waals surface area contributed by atoms with Gasteiger partial charge in [0.2, 0.25) is 0 Å². The van der Waals surface area contributed by atoms with Crippen molar-refractivity contribution in [3.8, 4) is 0 Å². The van der Waals surface area contributed by atoms with E-state index in [0.717, 1.165) is 25.7 Å². The normalized spacial score (nSPS) is 20.2. The van der Waals surface area contributed by atoms with Gasteiger partial charge < -0.3 is 4.74 Å². The molecule has 2 nitrogen and oxygen atoms in total. The molecule has 1 saturated carbocycles. The van der Waals surface area contributed by atoms with Gasteiger partial charge in [-0.3, -0.25) is 4.79 Å². The molecule has 0 heterocycles. The van der Waals surface area contributed by atoms with Crippen LogP contribution in [-0.2, 0) is 9.53 Å². The van der Waals surface area contributed by atoms with Gasteiger partial charge in [-0.05, 0) is 19.3 Å². The highest BCUT2D eigenvalue weighted by atomic mass is 16.6. The van der Waals surface area contributed by atoms with Crippen molar-refractivity contribution >= 4 is 5.97 Å². The first-order valence-electron chi connectivity index (χ1n) is 3.88. The van der Waals surface area contributed by atoms with Crippen LogP contribution in [0.25, 0.3) is 0 Å². The minimum absolute atomic E-state index is 0.0272. The third kappa shape index (κ3) is 1.72. The standard InChI is InChI=1S/C8H14O2/c1-3-4-8(5-6-8)10-7(2)9/h3-6H2,1-2H3. The SMILES string of the molecule is CCCC1(OC(C)=O)CC1.